The predicted octanol–water partition coefficient (Wildman–Crippen LogP) is 1.82. The van der Waals surface area contributed by atoms with Crippen molar-refractivity contribution < 1.29 is 9.84 Å². The number of aliphatic hydroxyl groups excluding tert-OH is 1. The van der Waals surface area contributed by atoms with Gasteiger partial charge in [0.25, 0.3) is 0 Å². The second-order valence-electron chi connectivity index (χ2n) is 3.50. The molecule has 0 aliphatic heterocycles. The third-order valence-electron chi connectivity index (χ3n) is 1.76. The Kier molecular flexibility index (Phi) is 5.51. The number of aliphatic hydroxyl groups is 1. The van der Waals surface area contributed by atoms with Crippen LogP contribution in [0.25, 0.3) is 0 Å². The molecule has 0 heterocycles. The third-order valence-corrected chi connectivity index (χ3v) is 1.76. The Morgan fingerprint density at radius 1 is 1.18 bits per heavy atom. The van der Waals surface area contributed by atoms with Crippen molar-refractivity contribution in [1.82, 2.24) is 0 Å². The molecule has 68 valence electrons. The maximum absolute atomic E-state index is 9.06. The van der Waals surface area contributed by atoms with Gasteiger partial charge < -0.3 is 9.84 Å². The normalized spacial score (nSPS) is 16.9. The van der Waals surface area contributed by atoms with E-state index in [4.69, 9.17) is 9.84 Å². The number of hydrogen-bond donors (Lipinski definition) is 1. The van der Waals surface area contributed by atoms with Gasteiger partial charge in [-0.25, -0.2) is 0 Å². The maximum Gasteiger partial charge on any atom is 0.0803 e. The summed E-state index contributed by atoms with van der Waals surface area (Å²) in [7, 11) is 0. The molecule has 0 saturated heterocycles. The first-order valence-electron chi connectivity index (χ1n) is 4.33. The fraction of sp³-hybridized carbons (Fsp3) is 1.00. The highest BCUT2D eigenvalue weighted by molar-refractivity contribution is 4.56. The van der Waals surface area contributed by atoms with Crippen LogP contribution in [0.3, 0.4) is 0 Å². The van der Waals surface area contributed by atoms with Crippen molar-refractivity contribution in [2.24, 2.45) is 5.92 Å². The second kappa shape index (κ2) is 5.56. The van der Waals surface area contributed by atoms with Crippen LogP contribution in [0.15, 0.2) is 0 Å². The highest BCUT2D eigenvalue weighted by Crippen LogP contribution is 2.03. The van der Waals surface area contributed by atoms with E-state index in [-0.39, 0.29) is 12.2 Å². The summed E-state index contributed by atoms with van der Waals surface area (Å²) in [6.45, 7) is 8.72. The minimum Gasteiger partial charge on any atom is -0.391 e. The highest BCUT2D eigenvalue weighted by Gasteiger charge is 2.08. The van der Waals surface area contributed by atoms with Crippen molar-refractivity contribution in [2.75, 3.05) is 6.61 Å². The summed E-state index contributed by atoms with van der Waals surface area (Å²) in [6, 6.07) is 0. The predicted molar refractivity (Wildman–Crippen MR) is 46.5 cm³/mol. The molecule has 0 aromatic carbocycles. The first-order valence-corrected chi connectivity index (χ1v) is 4.33. The lowest BCUT2D eigenvalue weighted by Crippen LogP contribution is -2.23. The van der Waals surface area contributed by atoms with Gasteiger partial charge >= 0.3 is 0 Å². The minimum atomic E-state index is -0.359. The van der Waals surface area contributed by atoms with Gasteiger partial charge in [0.1, 0.15) is 0 Å². The summed E-state index contributed by atoms with van der Waals surface area (Å²) in [4.78, 5) is 0. The molecule has 1 N–H and O–H groups in total. The molecule has 0 aromatic rings. The first kappa shape index (κ1) is 10.9. The Bertz CT molecular complexity index is 89.6. The molecule has 0 fully saturated rings. The van der Waals surface area contributed by atoms with Crippen LogP contribution in [0.1, 0.15) is 34.1 Å². The first-order chi connectivity index (χ1) is 5.04. The average molecular weight is 160 g/mol. The zero-order valence-electron chi connectivity index (χ0n) is 8.00. The van der Waals surface area contributed by atoms with E-state index < -0.39 is 0 Å². The van der Waals surface area contributed by atoms with Crippen molar-refractivity contribution in [2.45, 2.75) is 46.3 Å². The SMILES string of the molecule is CC(C)CCOC(C)C(C)O. The molecule has 0 saturated carbocycles. The lowest BCUT2D eigenvalue weighted by atomic mass is 10.1. The average Bonchev–Trinajstić information content (AvgIpc) is 1.86. The molecule has 2 unspecified atom stereocenters. The van der Waals surface area contributed by atoms with Gasteiger partial charge in [-0.1, -0.05) is 13.8 Å². The fourth-order valence-electron chi connectivity index (χ4n) is 0.629. The van der Waals surface area contributed by atoms with Gasteiger partial charge in [0.2, 0.25) is 0 Å². The minimum absolute atomic E-state index is 0.0336. The molecule has 2 heteroatoms. The van der Waals surface area contributed by atoms with Crippen LogP contribution in [0.2, 0.25) is 0 Å². The van der Waals surface area contributed by atoms with Crippen molar-refractivity contribution in [1.29, 1.82) is 0 Å². The third kappa shape index (κ3) is 6.32. The molecule has 0 spiro atoms. The Morgan fingerprint density at radius 2 is 1.73 bits per heavy atom. The second-order valence-corrected chi connectivity index (χ2v) is 3.50. The molecule has 2 atom stereocenters. The van der Waals surface area contributed by atoms with Crippen LogP contribution in [0, 0.1) is 5.92 Å². The molecular formula is C9H20O2. The summed E-state index contributed by atoms with van der Waals surface area (Å²) in [5.74, 6) is 0.677. The molecule has 2 nitrogen and oxygen atoms in total. The highest BCUT2D eigenvalue weighted by atomic mass is 16.5. The van der Waals surface area contributed by atoms with E-state index in [1.165, 1.54) is 0 Å². The molecule has 0 radical (unpaired) electrons. The van der Waals surface area contributed by atoms with E-state index in [1.54, 1.807) is 6.92 Å². The molecule has 11 heavy (non-hydrogen) atoms. The molecular weight excluding hydrogens is 140 g/mol. The smallest absolute Gasteiger partial charge is 0.0803 e. The summed E-state index contributed by atoms with van der Waals surface area (Å²) in [6.07, 6.45) is 0.674. The number of rotatable bonds is 5. The van der Waals surface area contributed by atoms with Gasteiger partial charge in [-0.15, -0.1) is 0 Å². The van der Waals surface area contributed by atoms with Gasteiger partial charge in [0, 0.05) is 6.61 Å². The topological polar surface area (TPSA) is 29.5 Å². The fourth-order valence-corrected chi connectivity index (χ4v) is 0.629. The zero-order chi connectivity index (χ0) is 8.85. The van der Waals surface area contributed by atoms with Crippen LogP contribution in [0.4, 0.5) is 0 Å². The molecule has 0 bridgehead atoms. The van der Waals surface area contributed by atoms with Gasteiger partial charge in [0.05, 0.1) is 12.2 Å². The summed E-state index contributed by atoms with van der Waals surface area (Å²) >= 11 is 0. The van der Waals surface area contributed by atoms with E-state index >= 15 is 0 Å². The van der Waals surface area contributed by atoms with Gasteiger partial charge in [-0.3, -0.25) is 0 Å². The van der Waals surface area contributed by atoms with E-state index in [2.05, 4.69) is 13.8 Å². The van der Waals surface area contributed by atoms with Crippen LogP contribution >= 0.6 is 0 Å². The van der Waals surface area contributed by atoms with Crippen molar-refractivity contribution in [3.63, 3.8) is 0 Å². The Balaban J connectivity index is 3.24. The zero-order valence-corrected chi connectivity index (χ0v) is 8.00. The summed E-state index contributed by atoms with van der Waals surface area (Å²) in [5.41, 5.74) is 0. The van der Waals surface area contributed by atoms with Crippen LogP contribution in [-0.4, -0.2) is 23.9 Å². The number of ether oxygens (including phenoxy) is 1. The van der Waals surface area contributed by atoms with Crippen LogP contribution < -0.4 is 0 Å². The lowest BCUT2D eigenvalue weighted by molar-refractivity contribution is -0.0215. The van der Waals surface area contributed by atoms with Gasteiger partial charge in [-0.05, 0) is 26.2 Å². The van der Waals surface area contributed by atoms with E-state index in [0.29, 0.717) is 5.92 Å². The van der Waals surface area contributed by atoms with Crippen LogP contribution in [-0.2, 0) is 4.74 Å². The monoisotopic (exact) mass is 160 g/mol. The maximum atomic E-state index is 9.06. The Morgan fingerprint density at radius 3 is 2.09 bits per heavy atom. The van der Waals surface area contributed by atoms with Gasteiger partial charge in [-0.2, -0.15) is 0 Å². The quantitative estimate of drug-likeness (QED) is 0.664. The van der Waals surface area contributed by atoms with E-state index in [9.17, 15) is 0 Å². The number of hydrogen-bond acceptors (Lipinski definition) is 2. The standard InChI is InChI=1S/C9H20O2/c1-7(2)5-6-11-9(4)8(3)10/h7-10H,5-6H2,1-4H3. The molecule has 0 rings (SSSR count). The largest absolute Gasteiger partial charge is 0.391 e. The van der Waals surface area contributed by atoms with E-state index in [0.717, 1.165) is 13.0 Å². The molecule has 0 aromatic heterocycles. The Labute approximate surface area is 69.6 Å². The van der Waals surface area contributed by atoms with Crippen molar-refractivity contribution >= 4 is 0 Å². The molecule has 0 aliphatic rings. The lowest BCUT2D eigenvalue weighted by Gasteiger charge is -2.16. The van der Waals surface area contributed by atoms with Crippen molar-refractivity contribution in [3.05, 3.63) is 0 Å². The summed E-state index contributed by atoms with van der Waals surface area (Å²) in [5, 5.41) is 9.06. The van der Waals surface area contributed by atoms with E-state index in [1.807, 2.05) is 6.92 Å². The molecule has 0 amide bonds. The van der Waals surface area contributed by atoms with Crippen LogP contribution in [0.5, 0.6) is 0 Å². The van der Waals surface area contributed by atoms with Crippen molar-refractivity contribution in [3.8, 4) is 0 Å². The Hall–Kier alpha value is -0.0800. The summed E-state index contributed by atoms with van der Waals surface area (Å²) < 4.78 is 5.36. The molecule has 0 aliphatic carbocycles. The van der Waals surface area contributed by atoms with Gasteiger partial charge in [0.15, 0.2) is 0 Å².